The van der Waals surface area contributed by atoms with Crippen LogP contribution < -0.4 is 4.90 Å². The number of halogens is 1. The summed E-state index contributed by atoms with van der Waals surface area (Å²) in [6.07, 6.45) is 3.05. The summed E-state index contributed by atoms with van der Waals surface area (Å²) in [6, 6.07) is 24.1. The molecule has 9 heteroatoms. The van der Waals surface area contributed by atoms with Crippen LogP contribution in [0.1, 0.15) is 28.3 Å². The molecule has 1 amide bonds. The summed E-state index contributed by atoms with van der Waals surface area (Å²) in [5, 5.41) is 19.8. The Morgan fingerprint density at radius 2 is 1.76 bits per heavy atom. The minimum absolute atomic E-state index is 0.00793. The van der Waals surface area contributed by atoms with E-state index in [2.05, 4.69) is 50.4 Å². The van der Waals surface area contributed by atoms with Gasteiger partial charge in [-0.1, -0.05) is 117 Å². The highest BCUT2D eigenvalue weighted by Crippen LogP contribution is 2.43. The number of aliphatic hydroxyl groups excluding tert-OH is 1. The van der Waals surface area contributed by atoms with E-state index in [-0.39, 0.29) is 5.57 Å². The summed E-state index contributed by atoms with van der Waals surface area (Å²) in [6.45, 7) is 2.04. The molecule has 6 nitrogen and oxygen atoms in total. The third kappa shape index (κ3) is 5.65. The molecule has 0 saturated heterocycles. The summed E-state index contributed by atoms with van der Waals surface area (Å²) >= 11 is 6.21. The van der Waals surface area contributed by atoms with Gasteiger partial charge in [-0.25, -0.2) is 0 Å². The molecule has 5 rings (SSSR count). The van der Waals surface area contributed by atoms with Crippen LogP contribution in [0.4, 0.5) is 5.13 Å². The molecule has 0 spiro atoms. The lowest BCUT2D eigenvalue weighted by Gasteiger charge is -2.23. The normalized spacial score (nSPS) is 15.6. The monoisotopic (exact) mass is 603 g/mol. The first kappa shape index (κ1) is 26.1. The molecule has 190 valence electrons. The number of thioether (sulfide) groups is 1. The number of carbonyl (C=O) groups excluding carboxylic acids is 2. The zero-order chi connectivity index (χ0) is 26.6. The van der Waals surface area contributed by atoms with Crippen LogP contribution in [-0.2, 0) is 15.3 Å². The summed E-state index contributed by atoms with van der Waals surface area (Å²) < 4.78 is 1.54. The third-order valence-electron chi connectivity index (χ3n) is 5.97. The first-order valence-corrected chi connectivity index (χ1v) is 14.3. The van der Waals surface area contributed by atoms with Gasteiger partial charge in [0, 0.05) is 10.2 Å². The molecule has 1 aliphatic heterocycles. The van der Waals surface area contributed by atoms with Gasteiger partial charge < -0.3 is 5.11 Å². The highest BCUT2D eigenvalue weighted by molar-refractivity contribution is 9.10. The SMILES string of the molecule is Cc1ccc(CSc2nnc(N3C(=O)C(O)=C(C(=O)C=Cc4ccccc4)C3c3ccc(Br)cc3)s2)cc1. The summed E-state index contributed by atoms with van der Waals surface area (Å²) in [4.78, 5) is 28.0. The van der Waals surface area contributed by atoms with Gasteiger partial charge >= 0.3 is 0 Å². The van der Waals surface area contributed by atoms with Gasteiger partial charge in [-0.3, -0.25) is 14.5 Å². The number of allylic oxidation sites excluding steroid dienone is 1. The van der Waals surface area contributed by atoms with E-state index in [0.29, 0.717) is 20.8 Å². The molecule has 3 aromatic carbocycles. The van der Waals surface area contributed by atoms with Crippen LogP contribution in [-0.4, -0.2) is 27.0 Å². The molecule has 38 heavy (non-hydrogen) atoms. The van der Waals surface area contributed by atoms with Crippen molar-refractivity contribution in [3.05, 3.63) is 123 Å². The van der Waals surface area contributed by atoms with E-state index in [9.17, 15) is 14.7 Å². The van der Waals surface area contributed by atoms with Crippen molar-refractivity contribution in [2.75, 3.05) is 4.90 Å². The number of nitrogens with zero attached hydrogens (tertiary/aromatic N) is 3. The predicted molar refractivity (Wildman–Crippen MR) is 155 cm³/mol. The molecule has 4 aromatic rings. The first-order chi connectivity index (χ1) is 18.4. The predicted octanol–water partition coefficient (Wildman–Crippen LogP) is 7.08. The molecule has 1 unspecified atom stereocenters. The number of hydrogen-bond donors (Lipinski definition) is 1. The Balaban J connectivity index is 1.45. The number of carbonyl (C=O) groups is 2. The van der Waals surface area contributed by atoms with E-state index >= 15 is 0 Å². The number of hydrogen-bond acceptors (Lipinski definition) is 7. The van der Waals surface area contributed by atoms with Crippen LogP contribution in [0.25, 0.3) is 6.08 Å². The average Bonchev–Trinajstić information content (AvgIpc) is 3.50. The second-order valence-corrected chi connectivity index (χ2v) is 11.7. The standard InChI is InChI=1S/C29H22BrN3O3S2/c1-18-7-9-20(10-8-18)17-37-29-32-31-28(38-29)33-25(21-12-14-22(30)15-13-21)24(26(35)27(33)36)23(34)16-11-19-5-3-2-4-6-19/h2-16,25,35H,17H2,1H3. The van der Waals surface area contributed by atoms with Crippen LogP contribution in [0.5, 0.6) is 0 Å². The topological polar surface area (TPSA) is 83.4 Å². The highest BCUT2D eigenvalue weighted by atomic mass is 79.9. The Bertz CT molecular complexity index is 1530. The average molecular weight is 605 g/mol. The van der Waals surface area contributed by atoms with Crippen LogP contribution in [0.2, 0.25) is 0 Å². The molecule has 0 fully saturated rings. The number of benzene rings is 3. The van der Waals surface area contributed by atoms with Gasteiger partial charge in [-0.15, -0.1) is 10.2 Å². The van der Waals surface area contributed by atoms with Crippen molar-refractivity contribution in [3.8, 4) is 0 Å². The molecule has 0 radical (unpaired) electrons. The van der Waals surface area contributed by atoms with Crippen molar-refractivity contribution in [3.63, 3.8) is 0 Å². The Hall–Kier alpha value is -3.53. The first-order valence-electron chi connectivity index (χ1n) is 11.7. The fourth-order valence-electron chi connectivity index (χ4n) is 4.03. The van der Waals surface area contributed by atoms with E-state index in [1.54, 1.807) is 6.08 Å². The molecule has 0 bridgehead atoms. The number of rotatable bonds is 8. The molecule has 1 aliphatic rings. The smallest absolute Gasteiger partial charge is 0.296 e. The van der Waals surface area contributed by atoms with E-state index in [1.165, 1.54) is 39.6 Å². The van der Waals surface area contributed by atoms with Gasteiger partial charge in [-0.2, -0.15) is 0 Å². The summed E-state index contributed by atoms with van der Waals surface area (Å²) in [7, 11) is 0. The number of ketones is 1. The number of aliphatic hydroxyl groups is 1. The molecule has 1 atom stereocenters. The summed E-state index contributed by atoms with van der Waals surface area (Å²) in [5.74, 6) is -1.00. The minimum Gasteiger partial charge on any atom is -0.503 e. The molecule has 1 N–H and O–H groups in total. The molecular weight excluding hydrogens is 582 g/mol. The maximum atomic E-state index is 13.4. The fraction of sp³-hybridized carbons (Fsp3) is 0.103. The van der Waals surface area contributed by atoms with Crippen molar-refractivity contribution >= 4 is 61.9 Å². The molecule has 0 saturated carbocycles. The minimum atomic E-state index is -0.841. The zero-order valence-corrected chi connectivity index (χ0v) is 23.5. The fourth-order valence-corrected chi connectivity index (χ4v) is 6.12. The van der Waals surface area contributed by atoms with Gasteiger partial charge in [0.15, 0.2) is 15.9 Å². The van der Waals surface area contributed by atoms with E-state index in [4.69, 9.17) is 0 Å². The largest absolute Gasteiger partial charge is 0.503 e. The number of aromatic nitrogens is 2. The van der Waals surface area contributed by atoms with Gasteiger partial charge in [-0.05, 0) is 41.8 Å². The van der Waals surface area contributed by atoms with Crippen molar-refractivity contribution in [2.45, 2.75) is 23.1 Å². The summed E-state index contributed by atoms with van der Waals surface area (Å²) in [5.41, 5.74) is 3.86. The lowest BCUT2D eigenvalue weighted by Crippen LogP contribution is -2.30. The van der Waals surface area contributed by atoms with Crippen molar-refractivity contribution < 1.29 is 14.7 Å². The van der Waals surface area contributed by atoms with Crippen LogP contribution in [0.3, 0.4) is 0 Å². The van der Waals surface area contributed by atoms with Crippen LogP contribution in [0, 0.1) is 6.92 Å². The second-order valence-electron chi connectivity index (χ2n) is 8.62. The lowest BCUT2D eigenvalue weighted by molar-refractivity contribution is -0.117. The second kappa shape index (κ2) is 11.5. The molecule has 0 aliphatic carbocycles. The van der Waals surface area contributed by atoms with Crippen molar-refractivity contribution in [2.24, 2.45) is 0 Å². The van der Waals surface area contributed by atoms with Gasteiger partial charge in [0.2, 0.25) is 5.13 Å². The van der Waals surface area contributed by atoms with Crippen LogP contribution in [0.15, 0.2) is 105 Å². The molecule has 2 heterocycles. The quantitative estimate of drug-likeness (QED) is 0.131. The maximum absolute atomic E-state index is 13.4. The number of amides is 1. The molecule has 1 aromatic heterocycles. The van der Waals surface area contributed by atoms with Crippen molar-refractivity contribution in [1.82, 2.24) is 10.2 Å². The molecular formula is C29H22BrN3O3S2. The Morgan fingerprint density at radius 1 is 1.05 bits per heavy atom. The Kier molecular flexibility index (Phi) is 7.87. The Labute approximate surface area is 236 Å². The van der Waals surface area contributed by atoms with Crippen molar-refractivity contribution in [1.29, 1.82) is 0 Å². The third-order valence-corrected chi connectivity index (χ3v) is 8.63. The van der Waals surface area contributed by atoms with E-state index < -0.39 is 23.5 Å². The Morgan fingerprint density at radius 3 is 2.47 bits per heavy atom. The van der Waals surface area contributed by atoms with Crippen LogP contribution >= 0.6 is 39.0 Å². The van der Waals surface area contributed by atoms with E-state index in [1.807, 2.05) is 61.5 Å². The highest BCUT2D eigenvalue weighted by Gasteiger charge is 2.45. The van der Waals surface area contributed by atoms with Gasteiger partial charge in [0.05, 0.1) is 11.6 Å². The van der Waals surface area contributed by atoms with Gasteiger partial charge in [0.25, 0.3) is 5.91 Å². The number of aryl methyl sites for hydroxylation is 1. The lowest BCUT2D eigenvalue weighted by atomic mass is 9.96. The maximum Gasteiger partial charge on any atom is 0.296 e. The van der Waals surface area contributed by atoms with E-state index in [0.717, 1.165) is 15.6 Å². The van der Waals surface area contributed by atoms with Gasteiger partial charge in [0.1, 0.15) is 0 Å². The zero-order valence-electron chi connectivity index (χ0n) is 20.2. The number of anilines is 1.